The molecule has 4 nitrogen and oxygen atoms in total. The van der Waals surface area contributed by atoms with E-state index >= 15 is 0 Å². The molecule has 2 N–H and O–H groups in total. The molecule has 0 unspecified atom stereocenters. The third kappa shape index (κ3) is 2.35. The van der Waals surface area contributed by atoms with Gasteiger partial charge in [-0.15, -0.1) is 0 Å². The lowest BCUT2D eigenvalue weighted by molar-refractivity contribution is -0.137. The van der Waals surface area contributed by atoms with E-state index < -0.39 is 17.8 Å². The standard InChI is InChI=1S/C11H10F3N3O/c1-6(15)10-16-9(17-18-10)7-4-2-3-5-8(7)11(12,13)14/h2-6H,15H2,1H3/t6-/m0/s1. The maximum absolute atomic E-state index is 12.8. The summed E-state index contributed by atoms with van der Waals surface area (Å²) in [6.07, 6.45) is -4.47. The van der Waals surface area contributed by atoms with Crippen molar-refractivity contribution in [2.24, 2.45) is 5.73 Å². The Balaban J connectivity index is 2.50. The summed E-state index contributed by atoms with van der Waals surface area (Å²) in [5.74, 6) is -0.0165. The number of nitrogens with two attached hydrogens (primary N) is 1. The van der Waals surface area contributed by atoms with Gasteiger partial charge in [-0.3, -0.25) is 0 Å². The van der Waals surface area contributed by atoms with Crippen LogP contribution in [0, 0.1) is 0 Å². The van der Waals surface area contributed by atoms with E-state index in [1.165, 1.54) is 18.2 Å². The molecular weight excluding hydrogens is 247 g/mol. The number of halogens is 3. The van der Waals surface area contributed by atoms with Crippen molar-refractivity contribution in [3.05, 3.63) is 35.7 Å². The zero-order valence-electron chi connectivity index (χ0n) is 9.40. The van der Waals surface area contributed by atoms with Crippen molar-refractivity contribution in [3.8, 4) is 11.4 Å². The van der Waals surface area contributed by atoms with E-state index in [1.807, 2.05) is 0 Å². The van der Waals surface area contributed by atoms with Gasteiger partial charge in [0.1, 0.15) is 0 Å². The fourth-order valence-corrected chi connectivity index (χ4v) is 1.45. The van der Waals surface area contributed by atoms with E-state index in [2.05, 4.69) is 10.1 Å². The van der Waals surface area contributed by atoms with Crippen LogP contribution in [-0.2, 0) is 6.18 Å². The molecule has 1 aromatic heterocycles. The van der Waals surface area contributed by atoms with Crippen LogP contribution in [0.15, 0.2) is 28.8 Å². The van der Waals surface area contributed by atoms with Gasteiger partial charge in [0.25, 0.3) is 0 Å². The van der Waals surface area contributed by atoms with E-state index in [0.29, 0.717) is 0 Å². The molecule has 7 heteroatoms. The molecule has 0 aliphatic heterocycles. The van der Waals surface area contributed by atoms with Gasteiger partial charge in [-0.1, -0.05) is 23.4 Å². The predicted molar refractivity (Wildman–Crippen MR) is 57.3 cm³/mol. The topological polar surface area (TPSA) is 64.9 Å². The highest BCUT2D eigenvalue weighted by Gasteiger charge is 2.34. The van der Waals surface area contributed by atoms with E-state index in [9.17, 15) is 13.2 Å². The Morgan fingerprint density at radius 1 is 1.28 bits per heavy atom. The SMILES string of the molecule is C[C@H](N)c1nc(-c2ccccc2C(F)(F)F)no1. The van der Waals surface area contributed by atoms with Crippen LogP contribution >= 0.6 is 0 Å². The molecular formula is C11H10F3N3O. The van der Waals surface area contributed by atoms with Gasteiger partial charge < -0.3 is 10.3 Å². The molecule has 0 aliphatic rings. The average molecular weight is 257 g/mol. The molecule has 1 heterocycles. The molecule has 0 bridgehead atoms. The van der Waals surface area contributed by atoms with Gasteiger partial charge in [0.05, 0.1) is 11.6 Å². The van der Waals surface area contributed by atoms with Crippen molar-refractivity contribution >= 4 is 0 Å². The van der Waals surface area contributed by atoms with Crippen molar-refractivity contribution in [2.75, 3.05) is 0 Å². The third-order valence-electron chi connectivity index (χ3n) is 2.30. The molecule has 18 heavy (non-hydrogen) atoms. The van der Waals surface area contributed by atoms with Crippen LogP contribution < -0.4 is 5.73 Å². The Morgan fingerprint density at radius 2 is 1.94 bits per heavy atom. The van der Waals surface area contributed by atoms with Crippen LogP contribution in [-0.4, -0.2) is 10.1 Å². The fraction of sp³-hybridized carbons (Fsp3) is 0.273. The van der Waals surface area contributed by atoms with Gasteiger partial charge in [-0.2, -0.15) is 18.2 Å². The first-order valence-corrected chi connectivity index (χ1v) is 5.15. The van der Waals surface area contributed by atoms with Gasteiger partial charge >= 0.3 is 6.18 Å². The molecule has 96 valence electrons. The van der Waals surface area contributed by atoms with Crippen LogP contribution in [0.4, 0.5) is 13.2 Å². The molecule has 1 aromatic carbocycles. The molecule has 2 aromatic rings. The summed E-state index contributed by atoms with van der Waals surface area (Å²) in [5, 5.41) is 3.52. The predicted octanol–water partition coefficient (Wildman–Crippen LogP) is 2.78. The monoisotopic (exact) mass is 257 g/mol. The summed E-state index contributed by atoms with van der Waals surface area (Å²) in [6.45, 7) is 1.60. The van der Waals surface area contributed by atoms with Crippen LogP contribution in [0.2, 0.25) is 0 Å². The van der Waals surface area contributed by atoms with Crippen molar-refractivity contribution in [1.29, 1.82) is 0 Å². The number of nitrogens with zero attached hydrogens (tertiary/aromatic N) is 2. The van der Waals surface area contributed by atoms with Gasteiger partial charge in [-0.05, 0) is 13.0 Å². The van der Waals surface area contributed by atoms with Crippen LogP contribution in [0.3, 0.4) is 0 Å². The molecule has 1 atom stereocenters. The third-order valence-corrected chi connectivity index (χ3v) is 2.30. The molecule has 0 aliphatic carbocycles. The number of alkyl halides is 3. The maximum atomic E-state index is 12.8. The smallest absolute Gasteiger partial charge is 0.337 e. The molecule has 0 amide bonds. The highest BCUT2D eigenvalue weighted by molar-refractivity contribution is 5.60. The molecule has 2 rings (SSSR count). The van der Waals surface area contributed by atoms with Crippen molar-refractivity contribution in [1.82, 2.24) is 10.1 Å². The number of rotatable bonds is 2. The maximum Gasteiger partial charge on any atom is 0.417 e. The number of hydrogen-bond donors (Lipinski definition) is 1. The van der Waals surface area contributed by atoms with E-state index in [4.69, 9.17) is 10.3 Å². The second-order valence-electron chi connectivity index (χ2n) is 3.79. The summed E-state index contributed by atoms with van der Waals surface area (Å²) in [6, 6.07) is 4.52. The highest BCUT2D eigenvalue weighted by Crippen LogP contribution is 2.35. The van der Waals surface area contributed by atoms with Gasteiger partial charge in [0, 0.05) is 5.56 Å². The lowest BCUT2D eigenvalue weighted by Gasteiger charge is -2.09. The van der Waals surface area contributed by atoms with Crippen molar-refractivity contribution in [2.45, 2.75) is 19.1 Å². The Morgan fingerprint density at radius 3 is 2.50 bits per heavy atom. The normalized spacial score (nSPS) is 13.6. The minimum Gasteiger partial charge on any atom is -0.337 e. The Bertz CT molecular complexity index is 548. The number of aromatic nitrogens is 2. The zero-order chi connectivity index (χ0) is 13.3. The van der Waals surface area contributed by atoms with E-state index in [0.717, 1.165) is 6.07 Å². The van der Waals surface area contributed by atoms with Gasteiger partial charge in [-0.25, -0.2) is 0 Å². The molecule has 0 saturated carbocycles. The Hall–Kier alpha value is -1.89. The van der Waals surface area contributed by atoms with E-state index in [-0.39, 0.29) is 17.3 Å². The average Bonchev–Trinajstić information content (AvgIpc) is 2.77. The summed E-state index contributed by atoms with van der Waals surface area (Å²) in [5.41, 5.74) is 4.58. The van der Waals surface area contributed by atoms with E-state index in [1.54, 1.807) is 6.92 Å². The first kappa shape index (κ1) is 12.6. The van der Waals surface area contributed by atoms with Gasteiger partial charge in [0.2, 0.25) is 11.7 Å². The lowest BCUT2D eigenvalue weighted by Crippen LogP contribution is -2.08. The lowest BCUT2D eigenvalue weighted by atomic mass is 10.1. The van der Waals surface area contributed by atoms with Crippen LogP contribution in [0.1, 0.15) is 24.4 Å². The molecule has 0 saturated heterocycles. The van der Waals surface area contributed by atoms with Crippen LogP contribution in [0.25, 0.3) is 11.4 Å². The summed E-state index contributed by atoms with van der Waals surface area (Å²) < 4.78 is 43.2. The van der Waals surface area contributed by atoms with Crippen LogP contribution in [0.5, 0.6) is 0 Å². The Labute approximate surface area is 101 Å². The summed E-state index contributed by atoms with van der Waals surface area (Å²) in [7, 11) is 0. The quantitative estimate of drug-likeness (QED) is 0.898. The molecule has 0 radical (unpaired) electrons. The molecule has 0 spiro atoms. The van der Waals surface area contributed by atoms with Crippen molar-refractivity contribution in [3.63, 3.8) is 0 Å². The van der Waals surface area contributed by atoms with Crippen molar-refractivity contribution < 1.29 is 17.7 Å². The minimum atomic E-state index is -4.47. The zero-order valence-corrected chi connectivity index (χ0v) is 9.40. The first-order chi connectivity index (χ1) is 8.39. The largest absolute Gasteiger partial charge is 0.417 e. The second-order valence-corrected chi connectivity index (χ2v) is 3.79. The molecule has 0 fully saturated rings. The Kier molecular flexibility index (Phi) is 3.08. The second kappa shape index (κ2) is 4.41. The van der Waals surface area contributed by atoms with Gasteiger partial charge in [0.15, 0.2) is 0 Å². The summed E-state index contributed by atoms with van der Waals surface area (Å²) in [4.78, 5) is 3.85. The minimum absolute atomic E-state index is 0.0991. The first-order valence-electron chi connectivity index (χ1n) is 5.15. The highest BCUT2D eigenvalue weighted by atomic mass is 19.4. The number of hydrogen-bond acceptors (Lipinski definition) is 4. The number of benzene rings is 1. The fourth-order valence-electron chi connectivity index (χ4n) is 1.45. The summed E-state index contributed by atoms with van der Waals surface area (Å²) >= 11 is 0.